The Hall–Kier alpha value is -4.10. The summed E-state index contributed by atoms with van der Waals surface area (Å²) in [6, 6.07) is 27.0. The van der Waals surface area contributed by atoms with E-state index in [2.05, 4.69) is 9.97 Å². The predicted octanol–water partition coefficient (Wildman–Crippen LogP) is 1.43. The Morgan fingerprint density at radius 2 is 0.848 bits per heavy atom. The number of pyridine rings is 2. The Morgan fingerprint density at radius 1 is 0.545 bits per heavy atom. The minimum Gasteiger partial charge on any atom is -0.545 e. The molecule has 2 aromatic heterocycles. The third kappa shape index (κ3) is 14.5. The van der Waals surface area contributed by atoms with Gasteiger partial charge in [-0.05, 0) is 35.4 Å². The molecule has 0 aliphatic carbocycles. The predicted molar refractivity (Wildman–Crippen MR) is 119 cm³/mol. The molecule has 9 heteroatoms. The van der Waals surface area contributed by atoms with Gasteiger partial charge >= 0.3 is 19.5 Å². The zero-order valence-electron chi connectivity index (χ0n) is 17.8. The van der Waals surface area contributed by atoms with Crippen LogP contribution in [-0.4, -0.2) is 21.9 Å². The van der Waals surface area contributed by atoms with E-state index in [1.165, 1.54) is 24.3 Å². The summed E-state index contributed by atoms with van der Waals surface area (Å²) in [5, 5.41) is 20.2. The van der Waals surface area contributed by atoms with Crippen molar-refractivity contribution in [2.75, 3.05) is 11.5 Å². The van der Waals surface area contributed by atoms with E-state index in [1.54, 1.807) is 60.9 Å². The number of anilines is 2. The molecule has 2 aromatic carbocycles. The summed E-state index contributed by atoms with van der Waals surface area (Å²) in [5.41, 5.74) is 10.9. The molecule has 164 valence electrons. The van der Waals surface area contributed by atoms with Crippen LogP contribution in [0.2, 0.25) is 0 Å². The van der Waals surface area contributed by atoms with Crippen LogP contribution in [0.4, 0.5) is 11.6 Å². The summed E-state index contributed by atoms with van der Waals surface area (Å²) in [7, 11) is 0. The third-order valence-corrected chi connectivity index (χ3v) is 3.39. The number of nitrogens with two attached hydrogens (primary N) is 2. The number of hydrogen-bond donors (Lipinski definition) is 2. The van der Waals surface area contributed by atoms with E-state index >= 15 is 0 Å². The smallest absolute Gasteiger partial charge is 0.545 e. The molecule has 0 bridgehead atoms. The first-order valence-electron chi connectivity index (χ1n) is 9.26. The molecule has 0 saturated heterocycles. The van der Waals surface area contributed by atoms with Gasteiger partial charge in [-0.15, -0.1) is 0 Å². The van der Waals surface area contributed by atoms with Crippen LogP contribution in [0.15, 0.2) is 109 Å². The van der Waals surface area contributed by atoms with Crippen LogP contribution in [0.5, 0.6) is 0 Å². The van der Waals surface area contributed by atoms with Crippen LogP contribution in [-0.2, 0) is 19.5 Å². The zero-order valence-corrected chi connectivity index (χ0v) is 20.7. The zero-order chi connectivity index (χ0) is 23.6. The molecule has 0 spiro atoms. The number of carboxylic acids is 2. The molecule has 4 N–H and O–H groups in total. The Bertz CT molecular complexity index is 952. The van der Waals surface area contributed by atoms with Gasteiger partial charge in [-0.25, -0.2) is 9.97 Å². The monoisotopic (exact) mass is 494 g/mol. The molecule has 0 saturated carbocycles. The van der Waals surface area contributed by atoms with E-state index in [9.17, 15) is 19.8 Å². The maximum Gasteiger partial charge on any atom is 2.00 e. The molecule has 0 amide bonds. The van der Waals surface area contributed by atoms with Crippen LogP contribution >= 0.6 is 0 Å². The summed E-state index contributed by atoms with van der Waals surface area (Å²) < 4.78 is 0. The molecule has 0 aliphatic heterocycles. The maximum atomic E-state index is 10.1. The molecule has 0 aliphatic rings. The molecular weight excluding hydrogens is 474 g/mol. The van der Waals surface area contributed by atoms with Gasteiger partial charge in [-0.1, -0.05) is 72.8 Å². The van der Waals surface area contributed by atoms with Crippen molar-refractivity contribution in [3.63, 3.8) is 0 Å². The number of carbonyl (C=O) groups is 2. The minimum absolute atomic E-state index is 0. The Morgan fingerprint density at radius 3 is 1.00 bits per heavy atom. The summed E-state index contributed by atoms with van der Waals surface area (Å²) in [4.78, 5) is 27.7. The number of nitrogen functional groups attached to an aromatic ring is 2. The molecule has 33 heavy (non-hydrogen) atoms. The third-order valence-electron chi connectivity index (χ3n) is 3.39. The van der Waals surface area contributed by atoms with Gasteiger partial charge in [0, 0.05) is 12.4 Å². The number of rotatable bonds is 2. The largest absolute Gasteiger partial charge is 2.00 e. The van der Waals surface area contributed by atoms with Crippen LogP contribution in [0.25, 0.3) is 0 Å². The van der Waals surface area contributed by atoms with Gasteiger partial charge in [0.05, 0.1) is 11.9 Å². The van der Waals surface area contributed by atoms with E-state index in [4.69, 9.17) is 11.5 Å². The first-order valence-corrected chi connectivity index (χ1v) is 9.26. The van der Waals surface area contributed by atoms with Gasteiger partial charge in [-0.2, -0.15) is 0 Å². The van der Waals surface area contributed by atoms with E-state index in [0.29, 0.717) is 11.6 Å². The number of nitrogens with zero attached hydrogens (tertiary/aromatic N) is 2. The first-order chi connectivity index (χ1) is 15.4. The van der Waals surface area contributed by atoms with Crippen molar-refractivity contribution in [3.05, 3.63) is 121 Å². The number of carboxylic acid groups (broad SMARTS) is 2. The van der Waals surface area contributed by atoms with Gasteiger partial charge in [-0.3, -0.25) is 0 Å². The Balaban J connectivity index is 0.000000412. The summed E-state index contributed by atoms with van der Waals surface area (Å²) in [5.74, 6) is -1.11. The fraction of sp³-hybridized carbons (Fsp3) is 0. The molecule has 8 nitrogen and oxygen atoms in total. The molecule has 4 rings (SSSR count). The summed E-state index contributed by atoms with van der Waals surface area (Å²) in [6.45, 7) is 0. The van der Waals surface area contributed by atoms with Crippen molar-refractivity contribution >= 4 is 23.6 Å². The number of carbonyl (C=O) groups excluding carboxylic acids is 2. The fourth-order valence-corrected chi connectivity index (χ4v) is 1.90. The van der Waals surface area contributed by atoms with Gasteiger partial charge in [0.1, 0.15) is 11.6 Å². The van der Waals surface area contributed by atoms with Crippen molar-refractivity contribution < 1.29 is 39.3 Å². The standard InChI is InChI=1S/2C7H6O2.2C5H6N2.Zn/c2*8-7(9)6-4-2-1-3-5-6;2*6-5-3-1-2-4-7-5;/h2*1-5H,(H,8,9);2*1-4H,(H2,6,7);/q;;;;+2/p-2. The average Bonchev–Trinajstić information content (AvgIpc) is 2.82. The summed E-state index contributed by atoms with van der Waals surface area (Å²) >= 11 is 0. The number of hydrogen-bond acceptors (Lipinski definition) is 8. The first kappa shape index (κ1) is 28.9. The van der Waals surface area contributed by atoms with Gasteiger partial charge in [0.15, 0.2) is 0 Å². The molecule has 0 fully saturated rings. The van der Waals surface area contributed by atoms with Gasteiger partial charge in [0.2, 0.25) is 0 Å². The van der Waals surface area contributed by atoms with Crippen LogP contribution in [0.3, 0.4) is 0 Å². The number of benzene rings is 2. The van der Waals surface area contributed by atoms with Crippen LogP contribution in [0.1, 0.15) is 20.7 Å². The van der Waals surface area contributed by atoms with E-state index < -0.39 is 11.9 Å². The van der Waals surface area contributed by atoms with Crippen molar-refractivity contribution in [2.45, 2.75) is 0 Å². The Labute approximate surface area is 204 Å². The van der Waals surface area contributed by atoms with Crippen LogP contribution in [0, 0.1) is 0 Å². The van der Waals surface area contributed by atoms with Crippen molar-refractivity contribution in [2.24, 2.45) is 0 Å². The van der Waals surface area contributed by atoms with Gasteiger partial charge in [0.25, 0.3) is 0 Å². The second-order valence-corrected chi connectivity index (χ2v) is 5.82. The van der Waals surface area contributed by atoms with Gasteiger partial charge < -0.3 is 31.3 Å². The normalized spacial score (nSPS) is 8.48. The van der Waals surface area contributed by atoms with E-state index in [0.717, 1.165) is 0 Å². The quantitative estimate of drug-likeness (QED) is 0.395. The maximum absolute atomic E-state index is 10.1. The van der Waals surface area contributed by atoms with E-state index in [-0.39, 0.29) is 30.6 Å². The molecule has 4 aromatic rings. The topological polar surface area (TPSA) is 158 Å². The van der Waals surface area contributed by atoms with E-state index in [1.807, 2.05) is 24.3 Å². The molecule has 0 radical (unpaired) electrons. The van der Waals surface area contributed by atoms with Crippen molar-refractivity contribution in [3.8, 4) is 0 Å². The van der Waals surface area contributed by atoms with Crippen LogP contribution < -0.4 is 21.7 Å². The average molecular weight is 496 g/mol. The molecule has 0 atom stereocenters. The minimum atomic E-state index is -1.13. The second-order valence-electron chi connectivity index (χ2n) is 5.82. The molecular formula is C24H22N4O4Zn. The fourth-order valence-electron chi connectivity index (χ4n) is 1.90. The summed E-state index contributed by atoms with van der Waals surface area (Å²) in [6.07, 6.45) is 3.32. The number of aromatic carboxylic acids is 2. The molecule has 0 unspecified atom stereocenters. The van der Waals surface area contributed by atoms with Crippen molar-refractivity contribution in [1.29, 1.82) is 0 Å². The Kier molecular flexibility index (Phi) is 15.4. The SMILES string of the molecule is Nc1ccccn1.Nc1ccccn1.O=C([O-])c1ccccc1.O=C([O-])c1ccccc1.[Zn+2]. The number of aromatic nitrogens is 2. The molecule has 2 heterocycles. The second kappa shape index (κ2) is 17.6. The van der Waals surface area contributed by atoms with Crippen molar-refractivity contribution in [1.82, 2.24) is 9.97 Å².